The number of pyridine rings is 2. The van der Waals surface area contributed by atoms with Crippen LogP contribution in [0.1, 0.15) is 49.0 Å². The summed E-state index contributed by atoms with van der Waals surface area (Å²) in [6, 6.07) is 5.12. The van der Waals surface area contributed by atoms with Gasteiger partial charge >= 0.3 is 12.0 Å². The van der Waals surface area contributed by atoms with E-state index >= 15 is 0 Å². The number of fused-ring (bicyclic) bond motifs is 1. The minimum absolute atomic E-state index is 0.00287. The fraction of sp³-hybridized carbons (Fsp3) is 0.500. The maximum atomic E-state index is 13.2. The van der Waals surface area contributed by atoms with E-state index < -0.39 is 6.04 Å². The Morgan fingerprint density at radius 2 is 2.18 bits per heavy atom. The van der Waals surface area contributed by atoms with Crippen LogP contribution in [-0.2, 0) is 22.4 Å². The van der Waals surface area contributed by atoms with Crippen molar-refractivity contribution >= 4 is 17.8 Å². The largest absolute Gasteiger partial charge is 0.506 e. The van der Waals surface area contributed by atoms with Crippen molar-refractivity contribution in [1.29, 1.82) is 0 Å². The third-order valence-electron chi connectivity index (χ3n) is 6.11. The molecule has 1 saturated heterocycles. The number of ether oxygens (including phenoxy) is 1. The molecule has 176 valence electrons. The lowest BCUT2D eigenvalue weighted by Crippen LogP contribution is -2.36. The van der Waals surface area contributed by atoms with Crippen LogP contribution in [0.25, 0.3) is 0 Å². The fourth-order valence-corrected chi connectivity index (χ4v) is 4.47. The number of carbonyl (C=O) groups excluding carboxylic acids is 2. The summed E-state index contributed by atoms with van der Waals surface area (Å²) in [5.74, 6) is 0.602. The van der Waals surface area contributed by atoms with Crippen LogP contribution in [0.5, 0.6) is 5.75 Å². The second kappa shape index (κ2) is 10.5. The van der Waals surface area contributed by atoms with E-state index in [2.05, 4.69) is 22.4 Å². The van der Waals surface area contributed by atoms with Gasteiger partial charge in [0.2, 0.25) is 0 Å². The molecule has 0 aromatic carbocycles. The summed E-state index contributed by atoms with van der Waals surface area (Å²) < 4.78 is 5.11. The van der Waals surface area contributed by atoms with Crippen LogP contribution in [0.2, 0.25) is 0 Å². The van der Waals surface area contributed by atoms with Crippen LogP contribution < -0.4 is 5.32 Å². The molecular formula is C24H31N5O4. The molecule has 33 heavy (non-hydrogen) atoms. The van der Waals surface area contributed by atoms with Crippen LogP contribution in [-0.4, -0.2) is 69.7 Å². The number of aromatic hydroxyl groups is 1. The average molecular weight is 454 g/mol. The first-order valence-corrected chi connectivity index (χ1v) is 11.6. The lowest BCUT2D eigenvalue weighted by molar-refractivity contribution is -0.144. The van der Waals surface area contributed by atoms with Crippen molar-refractivity contribution in [2.24, 2.45) is 0 Å². The maximum Gasteiger partial charge on any atom is 0.320 e. The van der Waals surface area contributed by atoms with Crippen molar-refractivity contribution in [3.8, 4) is 5.75 Å². The van der Waals surface area contributed by atoms with Crippen molar-refractivity contribution in [1.82, 2.24) is 19.8 Å². The van der Waals surface area contributed by atoms with E-state index in [1.54, 1.807) is 24.1 Å². The van der Waals surface area contributed by atoms with Gasteiger partial charge < -0.3 is 25.0 Å². The van der Waals surface area contributed by atoms with Crippen molar-refractivity contribution < 1.29 is 19.4 Å². The Kier molecular flexibility index (Phi) is 7.26. The molecular weight excluding hydrogens is 422 g/mol. The number of hydrogen-bond donors (Lipinski definition) is 2. The average Bonchev–Trinajstić information content (AvgIpc) is 3.17. The molecule has 2 aliphatic rings. The number of esters is 1. The summed E-state index contributed by atoms with van der Waals surface area (Å²) in [5.41, 5.74) is 2.91. The molecule has 2 amide bonds. The molecule has 2 aromatic heterocycles. The molecule has 0 bridgehead atoms. The first-order valence-electron chi connectivity index (χ1n) is 11.6. The number of rotatable bonds is 9. The van der Waals surface area contributed by atoms with E-state index in [1.165, 1.54) is 11.8 Å². The monoisotopic (exact) mass is 453 g/mol. The van der Waals surface area contributed by atoms with Gasteiger partial charge in [0, 0.05) is 38.1 Å². The maximum absolute atomic E-state index is 13.2. The zero-order valence-corrected chi connectivity index (χ0v) is 19.0. The molecule has 2 aromatic rings. The Balaban J connectivity index is 1.38. The molecule has 2 aliphatic heterocycles. The quantitative estimate of drug-likeness (QED) is 0.562. The number of anilines is 1. The Labute approximate surface area is 193 Å². The second-order valence-corrected chi connectivity index (χ2v) is 8.41. The van der Waals surface area contributed by atoms with E-state index in [-0.39, 0.29) is 30.8 Å². The lowest BCUT2D eigenvalue weighted by atomic mass is 10.0. The van der Waals surface area contributed by atoms with Crippen LogP contribution >= 0.6 is 0 Å². The molecule has 0 spiro atoms. The van der Waals surface area contributed by atoms with Gasteiger partial charge in [-0.05, 0) is 55.9 Å². The van der Waals surface area contributed by atoms with Gasteiger partial charge in [-0.15, -0.1) is 0 Å². The summed E-state index contributed by atoms with van der Waals surface area (Å²) in [6.45, 7) is 4.69. The molecule has 0 saturated carbocycles. The minimum Gasteiger partial charge on any atom is -0.506 e. The Bertz CT molecular complexity index is 999. The van der Waals surface area contributed by atoms with E-state index in [0.29, 0.717) is 25.2 Å². The first-order chi connectivity index (χ1) is 16.0. The number of nitrogens with zero attached hydrogens (tertiary/aromatic N) is 4. The summed E-state index contributed by atoms with van der Waals surface area (Å²) in [4.78, 5) is 37.6. The van der Waals surface area contributed by atoms with Crippen LogP contribution in [0, 0.1) is 0 Å². The van der Waals surface area contributed by atoms with Crippen LogP contribution in [0.4, 0.5) is 10.6 Å². The molecule has 1 atom stereocenters. The first kappa shape index (κ1) is 22.8. The van der Waals surface area contributed by atoms with Crippen molar-refractivity contribution in [3.63, 3.8) is 0 Å². The van der Waals surface area contributed by atoms with Gasteiger partial charge in [-0.2, -0.15) is 0 Å². The summed E-state index contributed by atoms with van der Waals surface area (Å²) in [5, 5.41) is 13.2. The summed E-state index contributed by atoms with van der Waals surface area (Å²) in [6.07, 6.45) is 6.73. The number of hydrogen-bond acceptors (Lipinski definition) is 7. The second-order valence-electron chi connectivity index (χ2n) is 8.41. The van der Waals surface area contributed by atoms with Gasteiger partial charge in [0.25, 0.3) is 0 Å². The minimum atomic E-state index is -0.533. The van der Waals surface area contributed by atoms with E-state index in [9.17, 15) is 14.7 Å². The number of amides is 2. The molecule has 9 nitrogen and oxygen atoms in total. The smallest absolute Gasteiger partial charge is 0.320 e. The Hall–Kier alpha value is -3.36. The molecule has 4 rings (SSSR count). The van der Waals surface area contributed by atoms with Gasteiger partial charge in [0.15, 0.2) is 0 Å². The molecule has 2 N–H and O–H groups in total. The highest BCUT2D eigenvalue weighted by Crippen LogP contribution is 2.30. The van der Waals surface area contributed by atoms with Crippen molar-refractivity contribution in [3.05, 3.63) is 47.4 Å². The zero-order chi connectivity index (χ0) is 23.2. The molecule has 0 aliphatic carbocycles. The standard InChI is InChI=1S/C24H31N5O4/c1-2-33-22(31)14-21(18-13-20(30)16-25-15-18)29-12-11-28(24(29)32)10-4-6-19-8-7-17-5-3-9-26-23(17)27-19/h7-8,13,15-16,21,30H,2-6,9-12,14H2,1H3,(H,26,27). The topological polar surface area (TPSA) is 108 Å². The fourth-order valence-electron chi connectivity index (χ4n) is 4.47. The predicted octanol–water partition coefficient (Wildman–Crippen LogP) is 2.91. The highest BCUT2D eigenvalue weighted by molar-refractivity contribution is 5.78. The highest BCUT2D eigenvalue weighted by atomic mass is 16.5. The molecule has 1 unspecified atom stereocenters. The van der Waals surface area contributed by atoms with Crippen molar-refractivity contribution in [2.75, 3.05) is 38.1 Å². The third kappa shape index (κ3) is 5.53. The van der Waals surface area contributed by atoms with Gasteiger partial charge in [-0.1, -0.05) is 6.07 Å². The normalized spacial score (nSPS) is 16.3. The Morgan fingerprint density at radius 1 is 1.30 bits per heavy atom. The van der Waals surface area contributed by atoms with E-state index in [4.69, 9.17) is 9.72 Å². The van der Waals surface area contributed by atoms with E-state index in [0.717, 1.165) is 43.7 Å². The van der Waals surface area contributed by atoms with Crippen molar-refractivity contribution in [2.45, 2.75) is 45.1 Å². The van der Waals surface area contributed by atoms with Gasteiger partial charge in [-0.3, -0.25) is 9.78 Å². The number of carbonyl (C=O) groups is 2. The highest BCUT2D eigenvalue weighted by Gasteiger charge is 2.35. The number of nitrogens with one attached hydrogen (secondary N) is 1. The van der Waals surface area contributed by atoms with Gasteiger partial charge in [0.1, 0.15) is 11.6 Å². The van der Waals surface area contributed by atoms with Gasteiger partial charge in [-0.25, -0.2) is 9.78 Å². The van der Waals surface area contributed by atoms with Gasteiger partial charge in [0.05, 0.1) is 25.3 Å². The Morgan fingerprint density at radius 3 is 3.00 bits per heavy atom. The van der Waals surface area contributed by atoms with E-state index in [1.807, 2.05) is 4.90 Å². The molecule has 0 radical (unpaired) electrons. The van der Waals surface area contributed by atoms with Crippen LogP contribution in [0.15, 0.2) is 30.6 Å². The summed E-state index contributed by atoms with van der Waals surface area (Å²) in [7, 11) is 0. The number of aryl methyl sites for hydroxylation is 2. The molecule has 4 heterocycles. The third-order valence-corrected chi connectivity index (χ3v) is 6.11. The molecule has 1 fully saturated rings. The van der Waals surface area contributed by atoms with Crippen LogP contribution in [0.3, 0.4) is 0 Å². The SMILES string of the molecule is CCOC(=O)CC(c1cncc(O)c1)N1CCN(CCCc2ccc3c(n2)NCCC3)C1=O. The zero-order valence-electron chi connectivity index (χ0n) is 19.0. The molecule has 9 heteroatoms. The summed E-state index contributed by atoms with van der Waals surface area (Å²) >= 11 is 0. The predicted molar refractivity (Wildman–Crippen MR) is 123 cm³/mol. The lowest BCUT2D eigenvalue weighted by Gasteiger charge is -2.27. The number of urea groups is 1. The number of aromatic nitrogens is 2.